The number of aromatic nitrogens is 2. The van der Waals surface area contributed by atoms with E-state index in [-0.39, 0.29) is 5.63 Å². The Balaban J connectivity index is 1.83. The lowest BCUT2D eigenvalue weighted by molar-refractivity contribution is 0.560. The fourth-order valence-electron chi connectivity index (χ4n) is 2.86. The topological polar surface area (TPSA) is 72.1 Å². The number of nitrogens with one attached hydrogen (secondary N) is 2. The highest BCUT2D eigenvalue weighted by atomic mass is 32.1. The summed E-state index contributed by atoms with van der Waals surface area (Å²) in [7, 11) is 0. The van der Waals surface area contributed by atoms with E-state index in [9.17, 15) is 4.79 Å². The lowest BCUT2D eigenvalue weighted by Crippen LogP contribution is -2.20. The fourth-order valence-corrected chi connectivity index (χ4v) is 3.08. The van der Waals surface area contributed by atoms with Crippen LogP contribution >= 0.6 is 12.2 Å². The molecule has 0 fully saturated rings. The summed E-state index contributed by atoms with van der Waals surface area (Å²) in [4.78, 5) is 11.6. The Kier molecular flexibility index (Phi) is 4.59. The highest BCUT2D eigenvalue weighted by Gasteiger charge is 2.12. The summed E-state index contributed by atoms with van der Waals surface area (Å²) in [5.41, 5.74) is 4.63. The Bertz CT molecular complexity index is 1020. The van der Waals surface area contributed by atoms with Gasteiger partial charge in [-0.1, -0.05) is 0 Å². The van der Waals surface area contributed by atoms with Gasteiger partial charge in [0.25, 0.3) is 0 Å². The van der Waals surface area contributed by atoms with Gasteiger partial charge in [-0.05, 0) is 57.6 Å². The molecule has 7 heteroatoms. The van der Waals surface area contributed by atoms with Crippen LogP contribution in [0.1, 0.15) is 23.9 Å². The number of hydrogen-bond acceptors (Lipinski definition) is 4. The van der Waals surface area contributed by atoms with Gasteiger partial charge in [0, 0.05) is 29.8 Å². The van der Waals surface area contributed by atoms with Crippen LogP contribution in [0, 0.1) is 20.8 Å². The van der Waals surface area contributed by atoms with Gasteiger partial charge in [-0.2, -0.15) is 5.10 Å². The van der Waals surface area contributed by atoms with Crippen molar-refractivity contribution in [3.8, 4) is 0 Å². The Hall–Kier alpha value is -2.67. The van der Waals surface area contributed by atoms with Crippen LogP contribution in [0.15, 0.2) is 33.5 Å². The minimum atomic E-state index is -0.360. The van der Waals surface area contributed by atoms with Crippen LogP contribution in [0.2, 0.25) is 0 Å². The zero-order valence-corrected chi connectivity index (χ0v) is 15.5. The maximum atomic E-state index is 11.6. The van der Waals surface area contributed by atoms with E-state index in [1.54, 1.807) is 6.07 Å². The van der Waals surface area contributed by atoms with Crippen molar-refractivity contribution in [1.82, 2.24) is 9.78 Å². The van der Waals surface area contributed by atoms with Crippen molar-refractivity contribution in [3.63, 3.8) is 0 Å². The van der Waals surface area contributed by atoms with Crippen molar-refractivity contribution >= 4 is 39.7 Å². The van der Waals surface area contributed by atoms with Crippen molar-refractivity contribution in [3.05, 3.63) is 51.6 Å². The van der Waals surface area contributed by atoms with Crippen molar-refractivity contribution in [2.45, 2.75) is 34.2 Å². The number of aryl methyl sites for hydroxylation is 3. The molecule has 0 atom stereocenters. The lowest BCUT2D eigenvalue weighted by Gasteiger charge is -2.11. The zero-order valence-electron chi connectivity index (χ0n) is 14.6. The van der Waals surface area contributed by atoms with E-state index in [4.69, 9.17) is 16.6 Å². The molecule has 25 heavy (non-hydrogen) atoms. The van der Waals surface area contributed by atoms with Gasteiger partial charge >= 0.3 is 5.63 Å². The van der Waals surface area contributed by atoms with Crippen LogP contribution in [0.25, 0.3) is 11.0 Å². The molecule has 6 nitrogen and oxygen atoms in total. The van der Waals surface area contributed by atoms with Crippen molar-refractivity contribution < 1.29 is 4.42 Å². The first-order chi connectivity index (χ1) is 11.9. The number of thiocarbonyl (C=S) groups is 1. The van der Waals surface area contributed by atoms with Gasteiger partial charge in [-0.15, -0.1) is 0 Å². The van der Waals surface area contributed by atoms with E-state index in [2.05, 4.69) is 15.7 Å². The highest BCUT2D eigenvalue weighted by molar-refractivity contribution is 7.80. The molecule has 0 aliphatic rings. The normalized spacial score (nSPS) is 10.9. The molecule has 0 unspecified atom stereocenters. The summed E-state index contributed by atoms with van der Waals surface area (Å²) in [6.07, 6.45) is 0. The molecule has 130 valence electrons. The van der Waals surface area contributed by atoms with Crippen LogP contribution in [0.4, 0.5) is 11.4 Å². The third kappa shape index (κ3) is 3.41. The lowest BCUT2D eigenvalue weighted by atomic mass is 10.1. The minimum absolute atomic E-state index is 0.360. The molecule has 1 aromatic carbocycles. The smallest absolute Gasteiger partial charge is 0.336 e. The van der Waals surface area contributed by atoms with Gasteiger partial charge in [-0.25, -0.2) is 4.79 Å². The summed E-state index contributed by atoms with van der Waals surface area (Å²) < 4.78 is 7.19. The monoisotopic (exact) mass is 356 g/mol. The molecule has 0 bridgehead atoms. The molecule has 0 saturated carbocycles. The second-order valence-corrected chi connectivity index (χ2v) is 6.31. The van der Waals surface area contributed by atoms with Crippen LogP contribution in [0.3, 0.4) is 0 Å². The van der Waals surface area contributed by atoms with Gasteiger partial charge in [0.2, 0.25) is 0 Å². The summed E-state index contributed by atoms with van der Waals surface area (Å²) in [5.74, 6) is 0. The second kappa shape index (κ2) is 6.68. The number of rotatable bonds is 3. The number of fused-ring (bicyclic) bond motifs is 1. The molecule has 0 aliphatic heterocycles. The van der Waals surface area contributed by atoms with Crippen LogP contribution < -0.4 is 16.3 Å². The Morgan fingerprint density at radius 3 is 2.68 bits per heavy atom. The van der Waals surface area contributed by atoms with Crippen LogP contribution in [-0.4, -0.2) is 14.9 Å². The number of benzene rings is 1. The summed E-state index contributed by atoms with van der Waals surface area (Å²) >= 11 is 5.41. The third-order valence-corrected chi connectivity index (χ3v) is 4.33. The van der Waals surface area contributed by atoms with E-state index < -0.39 is 0 Å². The van der Waals surface area contributed by atoms with Gasteiger partial charge in [0.15, 0.2) is 5.11 Å². The minimum Gasteiger partial charge on any atom is -0.423 e. The SMILES string of the molecule is CCn1nc(C)c(NC(=S)Nc2ccc3c(C)cc(=O)oc3c2)c1C. The number of nitrogens with zero attached hydrogens (tertiary/aromatic N) is 2. The second-order valence-electron chi connectivity index (χ2n) is 5.90. The summed E-state index contributed by atoms with van der Waals surface area (Å²) in [6.45, 7) is 8.68. The average molecular weight is 356 g/mol. The van der Waals surface area contributed by atoms with Gasteiger partial charge in [-0.3, -0.25) is 4.68 Å². The Morgan fingerprint density at radius 1 is 1.24 bits per heavy atom. The Morgan fingerprint density at radius 2 is 2.00 bits per heavy atom. The van der Waals surface area contributed by atoms with Crippen molar-refractivity contribution in [2.75, 3.05) is 10.6 Å². The van der Waals surface area contributed by atoms with Crippen LogP contribution in [-0.2, 0) is 6.54 Å². The molecule has 2 N–H and O–H groups in total. The number of anilines is 2. The fraction of sp³-hybridized carbons (Fsp3) is 0.278. The molecule has 3 rings (SSSR count). The molecule has 0 radical (unpaired) electrons. The van der Waals surface area contributed by atoms with E-state index in [1.807, 2.05) is 44.5 Å². The molecular weight excluding hydrogens is 336 g/mol. The van der Waals surface area contributed by atoms with Crippen LogP contribution in [0.5, 0.6) is 0 Å². The van der Waals surface area contributed by atoms with Crippen molar-refractivity contribution in [1.29, 1.82) is 0 Å². The van der Waals surface area contributed by atoms with E-state index in [0.29, 0.717) is 10.7 Å². The highest BCUT2D eigenvalue weighted by Crippen LogP contribution is 2.22. The van der Waals surface area contributed by atoms with E-state index >= 15 is 0 Å². The van der Waals surface area contributed by atoms with Gasteiger partial charge < -0.3 is 15.1 Å². The maximum Gasteiger partial charge on any atom is 0.336 e. The first kappa shape index (κ1) is 17.2. The third-order valence-electron chi connectivity index (χ3n) is 4.13. The first-order valence-corrected chi connectivity index (χ1v) is 8.46. The maximum absolute atomic E-state index is 11.6. The number of hydrogen-bond donors (Lipinski definition) is 2. The summed E-state index contributed by atoms with van der Waals surface area (Å²) in [6, 6.07) is 7.06. The Labute approximate surface area is 150 Å². The summed E-state index contributed by atoms with van der Waals surface area (Å²) in [5, 5.41) is 12.1. The predicted molar refractivity (Wildman–Crippen MR) is 104 cm³/mol. The molecule has 0 saturated heterocycles. The van der Waals surface area contributed by atoms with Crippen molar-refractivity contribution in [2.24, 2.45) is 0 Å². The molecule has 0 aliphatic carbocycles. The molecular formula is C18H20N4O2S. The molecule has 2 heterocycles. The largest absolute Gasteiger partial charge is 0.423 e. The van der Waals surface area contributed by atoms with Gasteiger partial charge in [0.05, 0.1) is 17.1 Å². The predicted octanol–water partition coefficient (Wildman–Crippen LogP) is 3.74. The molecule has 3 aromatic rings. The molecule has 0 spiro atoms. The van der Waals surface area contributed by atoms with Gasteiger partial charge in [0.1, 0.15) is 5.58 Å². The molecule has 2 aromatic heterocycles. The van der Waals surface area contributed by atoms with E-state index in [1.165, 1.54) is 6.07 Å². The standard InChI is InChI=1S/C18H20N4O2S/c1-5-22-12(4)17(11(3)21-22)20-18(25)19-13-6-7-14-10(2)8-16(23)24-15(14)9-13/h6-9H,5H2,1-4H3,(H2,19,20,25). The first-order valence-electron chi connectivity index (χ1n) is 8.05. The zero-order chi connectivity index (χ0) is 18.1. The molecule has 0 amide bonds. The average Bonchev–Trinajstić information content (AvgIpc) is 2.81. The van der Waals surface area contributed by atoms with E-state index in [0.717, 1.165) is 40.3 Å². The quantitative estimate of drug-likeness (QED) is 0.550.